The summed E-state index contributed by atoms with van der Waals surface area (Å²) in [6.07, 6.45) is -0.464. The van der Waals surface area contributed by atoms with Gasteiger partial charge in [0.25, 0.3) is 0 Å². The Bertz CT molecular complexity index is 358. The van der Waals surface area contributed by atoms with Crippen molar-refractivity contribution >= 4 is 0 Å². The van der Waals surface area contributed by atoms with Crippen LogP contribution in [0, 0.1) is 6.92 Å². The molecular formula is C15H25NO2. The molecule has 0 bridgehead atoms. The zero-order valence-corrected chi connectivity index (χ0v) is 11.9. The van der Waals surface area contributed by atoms with Gasteiger partial charge >= 0.3 is 0 Å². The molecule has 18 heavy (non-hydrogen) atoms. The van der Waals surface area contributed by atoms with Gasteiger partial charge in [0, 0.05) is 13.1 Å². The minimum atomic E-state index is -0.464. The highest BCUT2D eigenvalue weighted by Crippen LogP contribution is 2.07. The lowest BCUT2D eigenvalue weighted by Crippen LogP contribution is -2.33. The second-order valence-corrected chi connectivity index (χ2v) is 5.70. The number of benzene rings is 1. The molecule has 0 fully saturated rings. The van der Waals surface area contributed by atoms with Crippen LogP contribution >= 0.6 is 0 Å². The maximum atomic E-state index is 9.76. The third-order valence-electron chi connectivity index (χ3n) is 2.50. The Balaban J connectivity index is 2.21. The number of hydrogen-bond acceptors (Lipinski definition) is 3. The molecule has 0 saturated heterocycles. The van der Waals surface area contributed by atoms with E-state index in [1.165, 1.54) is 11.1 Å². The fourth-order valence-electron chi connectivity index (χ4n) is 1.61. The Morgan fingerprint density at radius 2 is 2.06 bits per heavy atom. The number of hydrogen-bond donors (Lipinski definition) is 2. The molecule has 0 radical (unpaired) electrons. The van der Waals surface area contributed by atoms with Gasteiger partial charge in [0.15, 0.2) is 0 Å². The normalized spacial score (nSPS) is 13.6. The monoisotopic (exact) mass is 251 g/mol. The Morgan fingerprint density at radius 1 is 1.33 bits per heavy atom. The molecule has 0 heterocycles. The smallest absolute Gasteiger partial charge is 0.0898 e. The first-order chi connectivity index (χ1) is 8.37. The van der Waals surface area contributed by atoms with Crippen molar-refractivity contribution in [3.8, 4) is 0 Å². The van der Waals surface area contributed by atoms with Crippen molar-refractivity contribution in [2.24, 2.45) is 0 Å². The van der Waals surface area contributed by atoms with Crippen molar-refractivity contribution < 1.29 is 9.84 Å². The average molecular weight is 251 g/mol. The first-order valence-corrected chi connectivity index (χ1v) is 6.45. The third-order valence-corrected chi connectivity index (χ3v) is 2.50. The van der Waals surface area contributed by atoms with Gasteiger partial charge in [0.2, 0.25) is 0 Å². The summed E-state index contributed by atoms with van der Waals surface area (Å²) in [4.78, 5) is 0. The lowest BCUT2D eigenvalue weighted by atomic mass is 10.1. The van der Waals surface area contributed by atoms with Crippen LogP contribution in [0.25, 0.3) is 0 Å². The van der Waals surface area contributed by atoms with E-state index in [0.717, 1.165) is 6.54 Å². The van der Waals surface area contributed by atoms with Crippen LogP contribution in [0.5, 0.6) is 0 Å². The maximum absolute atomic E-state index is 9.76. The molecule has 0 aromatic heterocycles. The molecule has 0 amide bonds. The van der Waals surface area contributed by atoms with Gasteiger partial charge in [-0.05, 0) is 33.3 Å². The highest BCUT2D eigenvalue weighted by molar-refractivity contribution is 5.21. The Hall–Kier alpha value is -0.900. The molecule has 1 atom stereocenters. The summed E-state index contributed by atoms with van der Waals surface area (Å²) in [6.45, 7) is 9.72. The van der Waals surface area contributed by atoms with Crippen LogP contribution in [0.4, 0.5) is 0 Å². The van der Waals surface area contributed by atoms with E-state index in [1.54, 1.807) is 0 Å². The second-order valence-electron chi connectivity index (χ2n) is 5.70. The molecule has 3 nitrogen and oxygen atoms in total. The zero-order valence-electron chi connectivity index (χ0n) is 11.9. The maximum Gasteiger partial charge on any atom is 0.0898 e. The van der Waals surface area contributed by atoms with Gasteiger partial charge in [0.1, 0.15) is 0 Å². The van der Waals surface area contributed by atoms with Gasteiger partial charge in [0.05, 0.1) is 18.3 Å². The largest absolute Gasteiger partial charge is 0.389 e. The fraction of sp³-hybridized carbons (Fsp3) is 0.600. The molecule has 0 spiro atoms. The van der Waals surface area contributed by atoms with E-state index in [-0.39, 0.29) is 5.60 Å². The second kappa shape index (κ2) is 6.88. The summed E-state index contributed by atoms with van der Waals surface area (Å²) in [6, 6.07) is 8.35. The van der Waals surface area contributed by atoms with Crippen LogP contribution < -0.4 is 5.32 Å². The topological polar surface area (TPSA) is 41.5 Å². The molecule has 1 unspecified atom stereocenters. The summed E-state index contributed by atoms with van der Waals surface area (Å²) in [7, 11) is 0. The highest BCUT2D eigenvalue weighted by Gasteiger charge is 2.13. The number of rotatable bonds is 6. The lowest BCUT2D eigenvalue weighted by Gasteiger charge is -2.22. The van der Waals surface area contributed by atoms with E-state index in [2.05, 4.69) is 30.4 Å². The summed E-state index contributed by atoms with van der Waals surface area (Å²) in [5.41, 5.74) is 2.29. The lowest BCUT2D eigenvalue weighted by molar-refractivity contribution is -0.0479. The molecule has 1 rings (SSSR count). The van der Waals surface area contributed by atoms with Gasteiger partial charge < -0.3 is 15.2 Å². The van der Waals surface area contributed by atoms with Crippen molar-refractivity contribution in [1.82, 2.24) is 5.32 Å². The van der Waals surface area contributed by atoms with Crippen LogP contribution in [-0.4, -0.2) is 30.0 Å². The third kappa shape index (κ3) is 6.74. The predicted octanol–water partition coefficient (Wildman–Crippen LogP) is 2.26. The molecule has 1 aromatic carbocycles. The van der Waals surface area contributed by atoms with Crippen molar-refractivity contribution in [2.45, 2.75) is 45.9 Å². The van der Waals surface area contributed by atoms with Gasteiger partial charge in [-0.2, -0.15) is 0 Å². The van der Waals surface area contributed by atoms with E-state index < -0.39 is 6.10 Å². The number of nitrogens with one attached hydrogen (secondary N) is 1. The molecule has 0 aliphatic carbocycles. The molecule has 0 aliphatic heterocycles. The molecule has 2 N–H and O–H groups in total. The molecule has 1 aromatic rings. The van der Waals surface area contributed by atoms with E-state index in [0.29, 0.717) is 13.2 Å². The van der Waals surface area contributed by atoms with E-state index in [4.69, 9.17) is 4.74 Å². The molecule has 3 heteroatoms. The summed E-state index contributed by atoms with van der Waals surface area (Å²) in [5.74, 6) is 0. The van der Waals surface area contributed by atoms with Crippen LogP contribution in [0.2, 0.25) is 0 Å². The number of ether oxygens (including phenoxy) is 1. The van der Waals surface area contributed by atoms with Crippen molar-refractivity contribution in [1.29, 1.82) is 0 Å². The zero-order chi connectivity index (χ0) is 13.6. The average Bonchev–Trinajstić information content (AvgIpc) is 2.25. The van der Waals surface area contributed by atoms with Crippen LogP contribution in [0.1, 0.15) is 31.9 Å². The molecule has 0 aliphatic rings. The van der Waals surface area contributed by atoms with E-state index in [9.17, 15) is 5.11 Å². The minimum Gasteiger partial charge on any atom is -0.389 e. The SMILES string of the molecule is Cc1cccc(CNCC(O)COC(C)(C)C)c1. The first-order valence-electron chi connectivity index (χ1n) is 6.45. The summed E-state index contributed by atoms with van der Waals surface area (Å²) < 4.78 is 5.52. The van der Waals surface area contributed by atoms with Crippen molar-refractivity contribution in [2.75, 3.05) is 13.2 Å². The van der Waals surface area contributed by atoms with E-state index in [1.807, 2.05) is 26.8 Å². The van der Waals surface area contributed by atoms with Gasteiger partial charge in [-0.1, -0.05) is 29.8 Å². The van der Waals surface area contributed by atoms with Gasteiger partial charge in [-0.15, -0.1) is 0 Å². The van der Waals surface area contributed by atoms with Crippen LogP contribution in [0.15, 0.2) is 24.3 Å². The number of aliphatic hydroxyl groups excluding tert-OH is 1. The van der Waals surface area contributed by atoms with Crippen LogP contribution in [0.3, 0.4) is 0 Å². The van der Waals surface area contributed by atoms with Crippen LogP contribution in [-0.2, 0) is 11.3 Å². The standard InChI is InChI=1S/C15H25NO2/c1-12-6-5-7-13(8-12)9-16-10-14(17)11-18-15(2,3)4/h5-8,14,16-17H,9-11H2,1-4H3. The van der Waals surface area contributed by atoms with Gasteiger partial charge in [-0.3, -0.25) is 0 Å². The Labute approximate surface area is 110 Å². The molecule has 0 saturated carbocycles. The summed E-state index contributed by atoms with van der Waals surface area (Å²) in [5, 5.41) is 13.0. The first kappa shape index (κ1) is 15.2. The van der Waals surface area contributed by atoms with E-state index >= 15 is 0 Å². The van der Waals surface area contributed by atoms with Gasteiger partial charge in [-0.25, -0.2) is 0 Å². The molecular weight excluding hydrogens is 226 g/mol. The van der Waals surface area contributed by atoms with Crippen molar-refractivity contribution in [3.63, 3.8) is 0 Å². The number of aryl methyl sites for hydroxylation is 1. The predicted molar refractivity (Wildman–Crippen MR) is 74.6 cm³/mol. The Morgan fingerprint density at radius 3 is 2.67 bits per heavy atom. The fourth-order valence-corrected chi connectivity index (χ4v) is 1.61. The summed E-state index contributed by atoms with van der Waals surface area (Å²) >= 11 is 0. The quantitative estimate of drug-likeness (QED) is 0.815. The Kier molecular flexibility index (Phi) is 5.79. The van der Waals surface area contributed by atoms with Crippen molar-refractivity contribution in [3.05, 3.63) is 35.4 Å². The minimum absolute atomic E-state index is 0.197. The number of aliphatic hydroxyl groups is 1. The highest BCUT2D eigenvalue weighted by atomic mass is 16.5. The molecule has 102 valence electrons.